The van der Waals surface area contributed by atoms with Crippen LogP contribution in [0.1, 0.15) is 0 Å². The van der Waals surface area contributed by atoms with E-state index < -0.39 is 0 Å². The van der Waals surface area contributed by atoms with E-state index in [9.17, 15) is 5.11 Å². The van der Waals surface area contributed by atoms with Gasteiger partial charge >= 0.3 is 0 Å². The lowest BCUT2D eigenvalue weighted by atomic mass is 10.2. The van der Waals surface area contributed by atoms with Crippen molar-refractivity contribution >= 4 is 17.0 Å². The van der Waals surface area contributed by atoms with Crippen molar-refractivity contribution in [2.45, 2.75) is 0 Å². The highest BCUT2D eigenvalue weighted by Crippen LogP contribution is 2.31. The van der Waals surface area contributed by atoms with Crippen molar-refractivity contribution in [3.05, 3.63) is 24.5 Å². The number of H-pyrrole nitrogens is 1. The number of aromatic amines is 1. The summed E-state index contributed by atoms with van der Waals surface area (Å²) in [6, 6.07) is 4.95. The van der Waals surface area contributed by atoms with Crippen LogP contribution in [-0.4, -0.2) is 32.2 Å². The van der Waals surface area contributed by atoms with Crippen LogP contribution in [0.15, 0.2) is 24.5 Å². The maximum Gasteiger partial charge on any atom is 0.183 e. The molecule has 0 unspecified atom stereocenters. The number of fused-ring (bicyclic) bond motifs is 1. The first-order valence-electron chi connectivity index (χ1n) is 5.52. The van der Waals surface area contributed by atoms with E-state index in [-0.39, 0.29) is 5.75 Å². The number of anilines is 1. The number of phenolic OH excluding ortho intramolecular Hbond substituents is 1. The molecule has 0 fully saturated rings. The summed E-state index contributed by atoms with van der Waals surface area (Å²) in [7, 11) is 1.53. The molecule has 2 aromatic heterocycles. The van der Waals surface area contributed by atoms with E-state index in [1.165, 1.54) is 19.5 Å². The highest BCUT2D eigenvalue weighted by Gasteiger charge is 2.12. The predicted octanol–water partition coefficient (Wildman–Crippen LogP) is 1.32. The highest BCUT2D eigenvalue weighted by molar-refractivity contribution is 5.85. The third-order valence-electron chi connectivity index (χ3n) is 2.78. The molecule has 0 bridgehead atoms. The molecule has 0 aliphatic rings. The van der Waals surface area contributed by atoms with Crippen LogP contribution >= 0.6 is 0 Å². The van der Waals surface area contributed by atoms with Crippen LogP contribution in [0, 0.1) is 0 Å². The second-order valence-corrected chi connectivity index (χ2v) is 3.93. The molecule has 0 atom stereocenters. The molecule has 0 spiro atoms. The molecule has 1 aromatic carbocycles. The van der Waals surface area contributed by atoms with Crippen LogP contribution in [0.25, 0.3) is 22.6 Å². The quantitative estimate of drug-likeness (QED) is 0.638. The van der Waals surface area contributed by atoms with E-state index in [0.29, 0.717) is 34.1 Å². The minimum atomic E-state index is 0.0601. The van der Waals surface area contributed by atoms with Crippen LogP contribution < -0.4 is 10.5 Å². The Morgan fingerprint density at radius 3 is 2.84 bits per heavy atom. The number of nitrogens with one attached hydrogen (secondary N) is 1. The number of ether oxygens (including phenoxy) is 1. The van der Waals surface area contributed by atoms with Gasteiger partial charge in [-0.05, 0) is 12.1 Å². The van der Waals surface area contributed by atoms with Gasteiger partial charge in [0.05, 0.1) is 12.7 Å². The van der Waals surface area contributed by atoms with E-state index in [1.807, 2.05) is 0 Å². The zero-order valence-electron chi connectivity index (χ0n) is 10.1. The first-order chi connectivity index (χ1) is 9.19. The molecule has 7 heteroatoms. The zero-order chi connectivity index (χ0) is 13.4. The van der Waals surface area contributed by atoms with Crippen molar-refractivity contribution < 1.29 is 9.84 Å². The smallest absolute Gasteiger partial charge is 0.183 e. The minimum Gasteiger partial charge on any atom is -0.507 e. The SMILES string of the molecule is COc1ccc(-c2nc3ncnc(N)c3[nH]2)c(O)c1. The van der Waals surface area contributed by atoms with Crippen LogP contribution in [-0.2, 0) is 0 Å². The molecule has 3 rings (SSSR count). The lowest BCUT2D eigenvalue weighted by molar-refractivity contribution is 0.408. The molecule has 0 aliphatic carbocycles. The average Bonchev–Trinajstić information content (AvgIpc) is 2.83. The fourth-order valence-corrected chi connectivity index (χ4v) is 1.81. The van der Waals surface area contributed by atoms with Gasteiger partial charge in [0.25, 0.3) is 0 Å². The number of aromatic nitrogens is 4. The molecule has 0 saturated heterocycles. The summed E-state index contributed by atoms with van der Waals surface area (Å²) in [5.74, 6) is 1.42. The molecule has 0 saturated carbocycles. The third kappa shape index (κ3) is 1.81. The summed E-state index contributed by atoms with van der Waals surface area (Å²) >= 11 is 0. The number of aromatic hydroxyl groups is 1. The van der Waals surface area contributed by atoms with Gasteiger partial charge in [-0.3, -0.25) is 0 Å². The average molecular weight is 257 g/mol. The largest absolute Gasteiger partial charge is 0.507 e. The summed E-state index contributed by atoms with van der Waals surface area (Å²) in [5, 5.41) is 9.96. The van der Waals surface area contributed by atoms with Crippen molar-refractivity contribution in [1.29, 1.82) is 0 Å². The fraction of sp³-hybridized carbons (Fsp3) is 0.0833. The van der Waals surface area contributed by atoms with Gasteiger partial charge in [0, 0.05) is 6.07 Å². The molecule has 96 valence electrons. The number of nitrogens with zero attached hydrogens (tertiary/aromatic N) is 3. The minimum absolute atomic E-state index is 0.0601. The maximum atomic E-state index is 9.96. The molecule has 2 heterocycles. The zero-order valence-corrected chi connectivity index (χ0v) is 10.1. The first-order valence-corrected chi connectivity index (χ1v) is 5.52. The van der Waals surface area contributed by atoms with Crippen molar-refractivity contribution in [3.63, 3.8) is 0 Å². The van der Waals surface area contributed by atoms with Gasteiger partial charge in [-0.1, -0.05) is 0 Å². The van der Waals surface area contributed by atoms with Crippen LogP contribution in [0.2, 0.25) is 0 Å². The summed E-state index contributed by atoms with van der Waals surface area (Å²) in [6.07, 6.45) is 1.34. The van der Waals surface area contributed by atoms with Gasteiger partial charge in [0.1, 0.15) is 29.2 Å². The Hall–Kier alpha value is -2.83. The Morgan fingerprint density at radius 2 is 2.16 bits per heavy atom. The lowest BCUT2D eigenvalue weighted by Gasteiger charge is -2.04. The van der Waals surface area contributed by atoms with Crippen molar-refractivity contribution in [2.24, 2.45) is 0 Å². The van der Waals surface area contributed by atoms with Crippen LogP contribution in [0.5, 0.6) is 11.5 Å². The number of nitrogens with two attached hydrogens (primary N) is 1. The lowest BCUT2D eigenvalue weighted by Crippen LogP contribution is -1.91. The third-order valence-corrected chi connectivity index (χ3v) is 2.78. The molecule has 19 heavy (non-hydrogen) atoms. The van der Waals surface area contributed by atoms with E-state index in [0.717, 1.165) is 0 Å². The van der Waals surface area contributed by atoms with Crippen molar-refractivity contribution in [2.75, 3.05) is 12.8 Å². The number of nitrogen functional groups attached to an aromatic ring is 1. The number of hydrogen-bond acceptors (Lipinski definition) is 6. The molecule has 4 N–H and O–H groups in total. The number of methoxy groups -OCH3 is 1. The maximum absolute atomic E-state index is 9.96. The normalized spacial score (nSPS) is 10.8. The summed E-state index contributed by atoms with van der Waals surface area (Å²) in [5.41, 5.74) is 7.27. The fourth-order valence-electron chi connectivity index (χ4n) is 1.81. The molecule has 0 radical (unpaired) electrons. The van der Waals surface area contributed by atoms with Crippen molar-refractivity contribution in [1.82, 2.24) is 19.9 Å². The highest BCUT2D eigenvalue weighted by atomic mass is 16.5. The van der Waals surface area contributed by atoms with Crippen molar-refractivity contribution in [3.8, 4) is 22.9 Å². The number of benzene rings is 1. The van der Waals surface area contributed by atoms with E-state index in [2.05, 4.69) is 19.9 Å². The Morgan fingerprint density at radius 1 is 1.32 bits per heavy atom. The van der Waals surface area contributed by atoms with Gasteiger partial charge in [-0.2, -0.15) is 0 Å². The van der Waals surface area contributed by atoms with Crippen LogP contribution in [0.3, 0.4) is 0 Å². The Balaban J connectivity index is 2.16. The standard InChI is InChI=1S/C12H11N5O2/c1-19-6-2-3-7(8(18)4-6)11-16-9-10(13)14-5-15-12(9)17-11/h2-5,18H,1H3,(H3,13,14,15,16,17). The second kappa shape index (κ2) is 4.13. The predicted molar refractivity (Wildman–Crippen MR) is 69.7 cm³/mol. The molecular weight excluding hydrogens is 246 g/mol. The van der Waals surface area contributed by atoms with Gasteiger partial charge in [0.15, 0.2) is 11.5 Å². The molecule has 0 amide bonds. The van der Waals surface area contributed by atoms with Gasteiger partial charge in [-0.15, -0.1) is 0 Å². The number of rotatable bonds is 2. The second-order valence-electron chi connectivity index (χ2n) is 3.93. The Bertz CT molecular complexity index is 753. The van der Waals surface area contributed by atoms with E-state index >= 15 is 0 Å². The van der Waals surface area contributed by atoms with Gasteiger partial charge in [-0.25, -0.2) is 15.0 Å². The Kier molecular flexibility index (Phi) is 2.45. The molecule has 3 aromatic rings. The number of imidazole rings is 1. The van der Waals surface area contributed by atoms with Crippen LogP contribution in [0.4, 0.5) is 5.82 Å². The monoisotopic (exact) mass is 257 g/mol. The van der Waals surface area contributed by atoms with E-state index in [1.54, 1.807) is 12.1 Å². The van der Waals surface area contributed by atoms with Gasteiger partial charge in [0.2, 0.25) is 0 Å². The number of hydrogen-bond donors (Lipinski definition) is 3. The Labute approximate surface area is 108 Å². The number of phenols is 1. The molecule has 7 nitrogen and oxygen atoms in total. The summed E-state index contributed by atoms with van der Waals surface area (Å²) in [4.78, 5) is 15.2. The topological polar surface area (TPSA) is 110 Å². The molecule has 0 aliphatic heterocycles. The van der Waals surface area contributed by atoms with Gasteiger partial charge < -0.3 is 20.6 Å². The van der Waals surface area contributed by atoms with E-state index in [4.69, 9.17) is 10.5 Å². The first kappa shape index (κ1) is 11.3. The summed E-state index contributed by atoms with van der Waals surface area (Å²) < 4.78 is 5.03. The summed E-state index contributed by atoms with van der Waals surface area (Å²) in [6.45, 7) is 0. The molecular formula is C12H11N5O2.